The molecule has 1 heterocycles. The van der Waals surface area contributed by atoms with E-state index in [9.17, 15) is 0 Å². The molecule has 12 heavy (non-hydrogen) atoms. The molecule has 0 bridgehead atoms. The zero-order valence-corrected chi connectivity index (χ0v) is 8.19. The number of fused-ring (bicyclic) bond motifs is 1. The summed E-state index contributed by atoms with van der Waals surface area (Å²) in [5, 5.41) is 0. The van der Waals surface area contributed by atoms with Gasteiger partial charge in [-0.3, -0.25) is 0 Å². The van der Waals surface area contributed by atoms with Crippen LogP contribution in [0.15, 0.2) is 36.6 Å². The van der Waals surface area contributed by atoms with E-state index in [1.165, 1.54) is 5.56 Å². The van der Waals surface area contributed by atoms with Crippen LogP contribution in [0.5, 0.6) is 5.75 Å². The van der Waals surface area contributed by atoms with Crippen LogP contribution in [0.4, 0.5) is 0 Å². The number of ether oxygens (including phenoxy) is 1. The van der Waals surface area contributed by atoms with Crippen molar-refractivity contribution in [2.75, 3.05) is 0 Å². The molecule has 1 aliphatic rings. The maximum Gasteiger partial charge on any atom is 0.130 e. The van der Waals surface area contributed by atoms with Gasteiger partial charge in [-0.25, -0.2) is 0 Å². The third-order valence-electron chi connectivity index (χ3n) is 1.60. The molecule has 0 spiro atoms. The quantitative estimate of drug-likeness (QED) is 0.640. The largest absolute Gasteiger partial charge is 0.465 e. The minimum Gasteiger partial charge on any atom is -0.465 e. The van der Waals surface area contributed by atoms with Crippen molar-refractivity contribution in [2.24, 2.45) is 0 Å². The predicted molar refractivity (Wildman–Crippen MR) is 39.9 cm³/mol. The van der Waals surface area contributed by atoms with Gasteiger partial charge in [-0.05, 0) is 24.1 Å². The summed E-state index contributed by atoms with van der Waals surface area (Å²) in [6.45, 7) is 0. The third-order valence-corrected chi connectivity index (χ3v) is 1.60. The number of rotatable bonds is 0. The van der Waals surface area contributed by atoms with Gasteiger partial charge in [-0.15, -0.1) is 0 Å². The molecule has 0 radical (unpaired) electrons. The van der Waals surface area contributed by atoms with E-state index in [4.69, 9.17) is 4.74 Å². The van der Waals surface area contributed by atoms with Gasteiger partial charge < -0.3 is 4.74 Å². The summed E-state index contributed by atoms with van der Waals surface area (Å²) in [6.07, 6.45) is 4.75. The van der Waals surface area contributed by atoms with Crippen molar-refractivity contribution in [3.63, 3.8) is 0 Å². The molecule has 2 rings (SSSR count). The van der Waals surface area contributed by atoms with Gasteiger partial charge >= 0.3 is 0 Å². The molecule has 1 aliphatic heterocycles. The molecule has 0 aromatic heterocycles. The van der Waals surface area contributed by atoms with Crippen LogP contribution in [0.3, 0.4) is 0 Å². The van der Waals surface area contributed by atoms with Crippen LogP contribution < -0.4 is 4.74 Å². The van der Waals surface area contributed by atoms with E-state index in [0.717, 1.165) is 12.2 Å². The molecule has 0 N–H and O–H groups in total. The summed E-state index contributed by atoms with van der Waals surface area (Å²) < 4.78 is 5.24. The van der Waals surface area contributed by atoms with Crippen molar-refractivity contribution in [2.45, 2.75) is 6.42 Å². The second-order valence-corrected chi connectivity index (χ2v) is 2.30. The van der Waals surface area contributed by atoms with Gasteiger partial charge in [0.25, 0.3) is 0 Å². The van der Waals surface area contributed by atoms with E-state index in [2.05, 4.69) is 6.07 Å². The molecule has 0 fully saturated rings. The Kier molecular flexibility index (Phi) is 5.29. The Labute approximate surface area is 92.0 Å². The van der Waals surface area contributed by atoms with Crippen molar-refractivity contribution in [3.8, 4) is 5.75 Å². The van der Waals surface area contributed by atoms with E-state index < -0.39 is 0 Å². The molecule has 1 aromatic carbocycles. The zero-order chi connectivity index (χ0) is 6.81. The van der Waals surface area contributed by atoms with Crippen LogP contribution in [-0.4, -0.2) is 0 Å². The van der Waals surface area contributed by atoms with Gasteiger partial charge in [-0.1, -0.05) is 18.2 Å². The summed E-state index contributed by atoms with van der Waals surface area (Å²) in [4.78, 5) is 0. The first kappa shape index (κ1) is 11.7. The minimum absolute atomic E-state index is 0. The van der Waals surface area contributed by atoms with Crippen LogP contribution in [0.2, 0.25) is 0 Å². The summed E-state index contributed by atoms with van der Waals surface area (Å²) in [6, 6.07) is 8.08. The fourth-order valence-corrected chi connectivity index (χ4v) is 1.08. The summed E-state index contributed by atoms with van der Waals surface area (Å²) >= 11 is 0. The van der Waals surface area contributed by atoms with Crippen molar-refractivity contribution in [3.05, 3.63) is 42.2 Å². The smallest absolute Gasteiger partial charge is 0.130 e. The van der Waals surface area contributed by atoms with Crippen molar-refractivity contribution in [1.82, 2.24) is 0 Å². The average molecular weight is 250 g/mol. The monoisotopic (exact) mass is 248 g/mol. The predicted octanol–water partition coefficient (Wildman–Crippen LogP) is 2.13. The van der Waals surface area contributed by atoms with Crippen LogP contribution in [0.1, 0.15) is 5.56 Å². The Balaban J connectivity index is 0.000000605. The normalized spacial score (nSPS) is 11.7. The maximum atomic E-state index is 5.24. The fraction of sp³-hybridized carbons (Fsp3) is 0.111. The van der Waals surface area contributed by atoms with E-state index in [1.807, 2.05) is 24.3 Å². The Morgan fingerprint density at radius 1 is 1.08 bits per heavy atom. The van der Waals surface area contributed by atoms with Crippen LogP contribution in [0, 0.1) is 0 Å². The molecule has 1 nitrogen and oxygen atoms in total. The van der Waals surface area contributed by atoms with Crippen molar-refractivity contribution < 1.29 is 37.7 Å². The molecule has 0 saturated heterocycles. The topological polar surface area (TPSA) is 9.23 Å². The van der Waals surface area contributed by atoms with Gasteiger partial charge in [-0.2, -0.15) is 0 Å². The Bertz CT molecular complexity index is 244. The number of hydrogen-bond donors (Lipinski definition) is 0. The van der Waals surface area contributed by atoms with E-state index in [-0.39, 0.29) is 33.0 Å². The van der Waals surface area contributed by atoms with Crippen molar-refractivity contribution >= 4 is 0 Å². The van der Waals surface area contributed by atoms with E-state index in [0.29, 0.717) is 0 Å². The minimum atomic E-state index is 0. The Hall–Kier alpha value is -0.253. The molecule has 3 heteroatoms. The SMILES string of the molecule is C1=COc2ccccc2C1.[Ni].[Ni]. The van der Waals surface area contributed by atoms with E-state index in [1.54, 1.807) is 6.26 Å². The van der Waals surface area contributed by atoms with Gasteiger partial charge in [0.2, 0.25) is 0 Å². The van der Waals surface area contributed by atoms with Gasteiger partial charge in [0, 0.05) is 33.0 Å². The molecule has 0 unspecified atom stereocenters. The average Bonchev–Trinajstić information content (AvgIpc) is 2.05. The molecule has 1 aromatic rings. The second-order valence-electron chi connectivity index (χ2n) is 2.30. The molecule has 70 valence electrons. The van der Waals surface area contributed by atoms with Gasteiger partial charge in [0.05, 0.1) is 6.26 Å². The van der Waals surface area contributed by atoms with Crippen LogP contribution in [-0.2, 0) is 39.4 Å². The number of para-hydroxylation sites is 1. The zero-order valence-electron chi connectivity index (χ0n) is 6.21. The van der Waals surface area contributed by atoms with Crippen LogP contribution in [0.25, 0.3) is 0 Å². The number of allylic oxidation sites excluding steroid dienone is 1. The third kappa shape index (κ3) is 2.37. The second kappa shape index (κ2) is 5.40. The molecule has 0 aliphatic carbocycles. The number of hydrogen-bond acceptors (Lipinski definition) is 1. The summed E-state index contributed by atoms with van der Waals surface area (Å²) in [5.74, 6) is 0.991. The standard InChI is InChI=1S/C9H8O.2Ni/c1-2-6-9-8(4-1)5-3-7-10-9;;/h1-4,6-7H,5H2;;. The maximum absolute atomic E-state index is 5.24. The fourth-order valence-electron chi connectivity index (χ4n) is 1.08. The summed E-state index contributed by atoms with van der Waals surface area (Å²) in [5.41, 5.74) is 1.27. The molecular weight excluding hydrogens is 241 g/mol. The van der Waals surface area contributed by atoms with Gasteiger partial charge in [0.15, 0.2) is 0 Å². The molecule has 0 amide bonds. The molecular formula is C9H8Ni2O. The first-order chi connectivity index (χ1) is 4.97. The van der Waals surface area contributed by atoms with Crippen molar-refractivity contribution in [1.29, 1.82) is 0 Å². The van der Waals surface area contributed by atoms with Crippen LogP contribution >= 0.6 is 0 Å². The number of benzene rings is 1. The van der Waals surface area contributed by atoms with Gasteiger partial charge in [0.1, 0.15) is 5.75 Å². The molecule has 0 saturated carbocycles. The first-order valence-corrected chi connectivity index (χ1v) is 3.36. The Morgan fingerprint density at radius 2 is 1.83 bits per heavy atom. The summed E-state index contributed by atoms with van der Waals surface area (Å²) in [7, 11) is 0. The molecule has 0 atom stereocenters. The van der Waals surface area contributed by atoms with E-state index >= 15 is 0 Å². The first-order valence-electron chi connectivity index (χ1n) is 3.36. The Morgan fingerprint density at radius 3 is 2.58 bits per heavy atom.